The Morgan fingerprint density at radius 2 is 1.93 bits per heavy atom. The predicted octanol–water partition coefficient (Wildman–Crippen LogP) is 3.71. The van der Waals surface area contributed by atoms with Crippen LogP contribution in [0.3, 0.4) is 0 Å². The maximum absolute atomic E-state index is 12.9. The molecule has 0 bridgehead atoms. The lowest BCUT2D eigenvalue weighted by Gasteiger charge is -2.16. The third kappa shape index (κ3) is 3.22. The number of hydrogen-bond donors (Lipinski definition) is 1. The summed E-state index contributed by atoms with van der Waals surface area (Å²) in [7, 11) is -2.16. The zero-order valence-corrected chi connectivity index (χ0v) is 16.5. The fourth-order valence-electron chi connectivity index (χ4n) is 3.27. The molecular weight excluding hydrogens is 400 g/mol. The van der Waals surface area contributed by atoms with Crippen LogP contribution in [0.5, 0.6) is 0 Å². The van der Waals surface area contributed by atoms with Crippen molar-refractivity contribution in [1.29, 1.82) is 0 Å². The summed E-state index contributed by atoms with van der Waals surface area (Å²) in [5.74, 6) is 0.444. The summed E-state index contributed by atoms with van der Waals surface area (Å²) >= 11 is 6.20. The molecule has 1 aliphatic rings. The van der Waals surface area contributed by atoms with Gasteiger partial charge in [0, 0.05) is 17.8 Å². The molecule has 0 spiro atoms. The van der Waals surface area contributed by atoms with Gasteiger partial charge in [0.05, 0.1) is 9.92 Å². The van der Waals surface area contributed by atoms with Crippen LogP contribution >= 0.6 is 11.6 Å². The van der Waals surface area contributed by atoms with Gasteiger partial charge in [0.15, 0.2) is 5.76 Å². The fraction of sp³-hybridized carbons (Fsp3) is 0.150. The Bertz CT molecular complexity index is 1170. The zero-order chi connectivity index (χ0) is 19.9. The third-order valence-corrected chi connectivity index (χ3v) is 6.47. The molecule has 1 amide bonds. The standard InChI is InChI=1S/C20H17ClN2O4S/c1-22-28(25,26)14-6-7-17-13(12-14)10-11-23(17)20(24)19-9-8-18(27-19)15-4-2-3-5-16(15)21/h2-9,12,22H,10-11H2,1H3. The summed E-state index contributed by atoms with van der Waals surface area (Å²) < 4.78 is 32.0. The van der Waals surface area contributed by atoms with Crippen LogP contribution in [0.15, 0.2) is 63.9 Å². The molecule has 2 heterocycles. The molecular formula is C20H17ClN2O4S. The van der Waals surface area contributed by atoms with Gasteiger partial charge in [-0.15, -0.1) is 0 Å². The van der Waals surface area contributed by atoms with Gasteiger partial charge in [-0.1, -0.05) is 23.7 Å². The Labute approximate surface area is 167 Å². The van der Waals surface area contributed by atoms with Crippen molar-refractivity contribution in [3.63, 3.8) is 0 Å². The summed E-state index contributed by atoms with van der Waals surface area (Å²) in [6.07, 6.45) is 0.576. The number of sulfonamides is 1. The van der Waals surface area contributed by atoms with E-state index in [1.54, 1.807) is 35.2 Å². The maximum Gasteiger partial charge on any atom is 0.294 e. The van der Waals surface area contributed by atoms with E-state index in [0.29, 0.717) is 35.0 Å². The highest BCUT2D eigenvalue weighted by atomic mass is 35.5. The minimum absolute atomic E-state index is 0.182. The molecule has 0 aliphatic carbocycles. The van der Waals surface area contributed by atoms with Crippen molar-refractivity contribution in [3.8, 4) is 11.3 Å². The van der Waals surface area contributed by atoms with Crippen LogP contribution in [-0.2, 0) is 16.4 Å². The van der Waals surface area contributed by atoms with E-state index < -0.39 is 10.0 Å². The van der Waals surface area contributed by atoms with Crippen LogP contribution in [0, 0.1) is 0 Å². The lowest BCUT2D eigenvalue weighted by atomic mass is 10.2. The van der Waals surface area contributed by atoms with Crippen molar-refractivity contribution in [2.75, 3.05) is 18.5 Å². The lowest BCUT2D eigenvalue weighted by Crippen LogP contribution is -2.28. The fourth-order valence-corrected chi connectivity index (χ4v) is 4.27. The lowest BCUT2D eigenvalue weighted by molar-refractivity contribution is 0.0963. The molecule has 0 fully saturated rings. The number of halogens is 1. The van der Waals surface area contributed by atoms with Gasteiger partial charge in [0.2, 0.25) is 10.0 Å². The van der Waals surface area contributed by atoms with Crippen molar-refractivity contribution in [1.82, 2.24) is 4.72 Å². The van der Waals surface area contributed by atoms with Crippen LogP contribution in [-0.4, -0.2) is 27.9 Å². The van der Waals surface area contributed by atoms with Gasteiger partial charge in [-0.3, -0.25) is 4.79 Å². The number of carbonyl (C=O) groups is 1. The van der Waals surface area contributed by atoms with Gasteiger partial charge in [-0.2, -0.15) is 0 Å². The smallest absolute Gasteiger partial charge is 0.294 e. The van der Waals surface area contributed by atoms with E-state index in [9.17, 15) is 13.2 Å². The molecule has 0 atom stereocenters. The number of anilines is 1. The number of nitrogens with zero attached hydrogens (tertiary/aromatic N) is 1. The van der Waals surface area contributed by atoms with E-state index in [2.05, 4.69) is 4.72 Å². The number of furan rings is 1. The first-order valence-electron chi connectivity index (χ1n) is 8.64. The van der Waals surface area contributed by atoms with E-state index in [0.717, 1.165) is 5.56 Å². The Kier molecular flexibility index (Phi) is 4.74. The van der Waals surface area contributed by atoms with E-state index >= 15 is 0 Å². The highest BCUT2D eigenvalue weighted by Gasteiger charge is 2.29. The Balaban J connectivity index is 1.63. The first kappa shape index (κ1) is 18.7. The highest BCUT2D eigenvalue weighted by molar-refractivity contribution is 7.89. The van der Waals surface area contributed by atoms with Crippen LogP contribution in [0.2, 0.25) is 5.02 Å². The third-order valence-electron chi connectivity index (χ3n) is 4.73. The molecule has 8 heteroatoms. The second-order valence-corrected chi connectivity index (χ2v) is 8.64. The quantitative estimate of drug-likeness (QED) is 0.703. The Morgan fingerprint density at radius 3 is 2.68 bits per heavy atom. The molecule has 2 aromatic carbocycles. The second kappa shape index (κ2) is 7.09. The number of benzene rings is 2. The van der Waals surface area contributed by atoms with Crippen LogP contribution in [0.4, 0.5) is 5.69 Å². The van der Waals surface area contributed by atoms with Crippen molar-refractivity contribution in [2.24, 2.45) is 0 Å². The van der Waals surface area contributed by atoms with E-state index in [4.69, 9.17) is 16.0 Å². The molecule has 1 N–H and O–H groups in total. The van der Waals surface area contributed by atoms with Crippen LogP contribution < -0.4 is 9.62 Å². The number of fused-ring (bicyclic) bond motifs is 1. The number of carbonyl (C=O) groups excluding carboxylic acids is 1. The number of nitrogens with one attached hydrogen (secondary N) is 1. The van der Waals surface area contributed by atoms with Crippen LogP contribution in [0.25, 0.3) is 11.3 Å². The molecule has 0 saturated carbocycles. The number of hydrogen-bond acceptors (Lipinski definition) is 4. The summed E-state index contributed by atoms with van der Waals surface area (Å²) in [4.78, 5) is 14.7. The highest BCUT2D eigenvalue weighted by Crippen LogP contribution is 2.33. The van der Waals surface area contributed by atoms with Gasteiger partial charge in [0.25, 0.3) is 5.91 Å². The van der Waals surface area contributed by atoms with Gasteiger partial charge < -0.3 is 9.32 Å². The zero-order valence-electron chi connectivity index (χ0n) is 15.0. The molecule has 4 rings (SSSR count). The average Bonchev–Trinajstić information content (AvgIpc) is 3.34. The molecule has 6 nitrogen and oxygen atoms in total. The van der Waals surface area contributed by atoms with E-state index in [1.165, 1.54) is 13.1 Å². The number of amides is 1. The normalized spacial score (nSPS) is 13.6. The second-order valence-electron chi connectivity index (χ2n) is 6.35. The summed E-state index contributed by atoms with van der Waals surface area (Å²) in [5.41, 5.74) is 2.21. The SMILES string of the molecule is CNS(=O)(=O)c1ccc2c(c1)CCN2C(=O)c1ccc(-c2ccccc2Cl)o1. The van der Waals surface area contributed by atoms with Crippen molar-refractivity contribution in [2.45, 2.75) is 11.3 Å². The Morgan fingerprint density at radius 1 is 1.14 bits per heavy atom. The Hall–Kier alpha value is -2.61. The summed E-state index contributed by atoms with van der Waals surface area (Å²) in [6.45, 7) is 0.458. The maximum atomic E-state index is 12.9. The molecule has 1 aliphatic heterocycles. The van der Waals surface area contributed by atoms with Gasteiger partial charge in [0.1, 0.15) is 5.76 Å². The first-order chi connectivity index (χ1) is 13.4. The molecule has 0 radical (unpaired) electrons. The minimum Gasteiger partial charge on any atom is -0.451 e. The summed E-state index contributed by atoms with van der Waals surface area (Å²) in [5, 5.41) is 0.542. The van der Waals surface area contributed by atoms with Crippen LogP contribution in [0.1, 0.15) is 16.1 Å². The topological polar surface area (TPSA) is 79.6 Å². The van der Waals surface area contributed by atoms with Crippen molar-refractivity contribution < 1.29 is 17.6 Å². The molecule has 3 aromatic rings. The van der Waals surface area contributed by atoms with E-state index in [-0.39, 0.29) is 16.6 Å². The van der Waals surface area contributed by atoms with Crippen molar-refractivity contribution >= 4 is 33.2 Å². The molecule has 0 unspecified atom stereocenters. The van der Waals surface area contributed by atoms with Gasteiger partial charge >= 0.3 is 0 Å². The largest absolute Gasteiger partial charge is 0.451 e. The minimum atomic E-state index is -3.53. The average molecular weight is 417 g/mol. The van der Waals surface area contributed by atoms with E-state index in [1.807, 2.05) is 18.2 Å². The number of rotatable bonds is 4. The summed E-state index contributed by atoms with van der Waals surface area (Å²) in [6, 6.07) is 15.3. The predicted molar refractivity (Wildman–Crippen MR) is 107 cm³/mol. The van der Waals surface area contributed by atoms with Gasteiger partial charge in [-0.25, -0.2) is 13.1 Å². The molecule has 144 valence electrons. The molecule has 1 aromatic heterocycles. The van der Waals surface area contributed by atoms with Crippen molar-refractivity contribution in [3.05, 3.63) is 70.9 Å². The van der Waals surface area contributed by atoms with Gasteiger partial charge in [-0.05, 0) is 61.5 Å². The first-order valence-corrected chi connectivity index (χ1v) is 10.5. The molecule has 0 saturated heterocycles. The molecule has 28 heavy (non-hydrogen) atoms. The monoisotopic (exact) mass is 416 g/mol.